The lowest BCUT2D eigenvalue weighted by Crippen LogP contribution is -2.22. The second kappa shape index (κ2) is 6.69. The van der Waals surface area contributed by atoms with Crippen molar-refractivity contribution in [3.63, 3.8) is 0 Å². The van der Waals surface area contributed by atoms with Crippen LogP contribution in [0.25, 0.3) is 0 Å². The maximum absolute atomic E-state index is 13.6. The van der Waals surface area contributed by atoms with Gasteiger partial charge in [0.05, 0.1) is 17.9 Å². The van der Waals surface area contributed by atoms with E-state index >= 15 is 0 Å². The number of carbonyl (C=O) groups is 1. The molecule has 5 heteroatoms. The molecule has 104 valence electrons. The van der Waals surface area contributed by atoms with E-state index in [0.717, 1.165) is 14.8 Å². The summed E-state index contributed by atoms with van der Waals surface area (Å²) in [5.74, 6) is -0.568. The van der Waals surface area contributed by atoms with E-state index in [9.17, 15) is 9.18 Å². The van der Waals surface area contributed by atoms with Crippen molar-refractivity contribution in [2.75, 3.05) is 17.2 Å². The van der Waals surface area contributed by atoms with Gasteiger partial charge in [-0.2, -0.15) is 0 Å². The van der Waals surface area contributed by atoms with Crippen molar-refractivity contribution in [2.24, 2.45) is 0 Å². The second-order valence-corrected chi connectivity index (χ2v) is 5.53. The van der Waals surface area contributed by atoms with Gasteiger partial charge in [0.25, 0.3) is 0 Å². The molecule has 0 bridgehead atoms. The highest BCUT2D eigenvalue weighted by atomic mass is 127. The quantitative estimate of drug-likeness (QED) is 0.788. The fourth-order valence-corrected chi connectivity index (χ4v) is 2.22. The molecule has 0 aliphatic rings. The number of benzene rings is 2. The summed E-state index contributed by atoms with van der Waals surface area (Å²) in [6.45, 7) is 1.84. The van der Waals surface area contributed by atoms with Crippen LogP contribution in [-0.4, -0.2) is 12.5 Å². The van der Waals surface area contributed by atoms with E-state index in [1.54, 1.807) is 12.1 Å². The molecule has 1 amide bonds. The predicted molar refractivity (Wildman–Crippen MR) is 87.4 cm³/mol. The van der Waals surface area contributed by atoms with E-state index in [0.29, 0.717) is 5.69 Å². The molecule has 0 unspecified atom stereocenters. The summed E-state index contributed by atoms with van der Waals surface area (Å²) in [5.41, 5.74) is 1.93. The lowest BCUT2D eigenvalue weighted by molar-refractivity contribution is -0.114. The summed E-state index contributed by atoms with van der Waals surface area (Å²) in [6.07, 6.45) is 0. The first-order chi connectivity index (χ1) is 9.56. The van der Waals surface area contributed by atoms with Gasteiger partial charge in [-0.15, -0.1) is 0 Å². The fourth-order valence-electron chi connectivity index (χ4n) is 1.70. The smallest absolute Gasteiger partial charge is 0.243 e. The molecule has 0 aliphatic heterocycles. The SMILES string of the molecule is Cc1ccc(NCC(=O)Nc2ccccc2I)c(F)c1. The predicted octanol–water partition coefficient (Wildman–Crippen LogP) is 3.79. The van der Waals surface area contributed by atoms with Crippen molar-refractivity contribution >= 4 is 39.9 Å². The number of nitrogens with one attached hydrogen (secondary N) is 2. The molecule has 0 aliphatic carbocycles. The molecule has 0 saturated heterocycles. The van der Waals surface area contributed by atoms with Gasteiger partial charge >= 0.3 is 0 Å². The first-order valence-electron chi connectivity index (χ1n) is 6.10. The number of amides is 1. The molecule has 2 N–H and O–H groups in total. The molecule has 0 atom stereocenters. The van der Waals surface area contributed by atoms with Crippen LogP contribution in [0, 0.1) is 16.3 Å². The third-order valence-corrected chi connectivity index (χ3v) is 3.65. The minimum absolute atomic E-state index is 0.0188. The lowest BCUT2D eigenvalue weighted by Gasteiger charge is -2.10. The Morgan fingerprint density at radius 1 is 1.20 bits per heavy atom. The Labute approximate surface area is 130 Å². The van der Waals surface area contributed by atoms with Gasteiger partial charge in [0, 0.05) is 3.57 Å². The van der Waals surface area contributed by atoms with Crippen LogP contribution in [0.3, 0.4) is 0 Å². The summed E-state index contributed by atoms with van der Waals surface area (Å²) in [4.78, 5) is 11.8. The largest absolute Gasteiger partial charge is 0.374 e. The van der Waals surface area contributed by atoms with Gasteiger partial charge in [0.2, 0.25) is 5.91 Å². The number of para-hydroxylation sites is 1. The van der Waals surface area contributed by atoms with Crippen molar-refractivity contribution in [1.29, 1.82) is 0 Å². The van der Waals surface area contributed by atoms with E-state index in [4.69, 9.17) is 0 Å². The number of carbonyl (C=O) groups excluding carboxylic acids is 1. The zero-order valence-electron chi connectivity index (χ0n) is 10.9. The molecule has 0 saturated carbocycles. The zero-order valence-corrected chi connectivity index (χ0v) is 13.1. The number of aryl methyl sites for hydroxylation is 1. The van der Waals surface area contributed by atoms with Crippen molar-refractivity contribution in [2.45, 2.75) is 6.92 Å². The highest BCUT2D eigenvalue weighted by Gasteiger charge is 2.07. The van der Waals surface area contributed by atoms with Gasteiger partial charge in [-0.25, -0.2) is 4.39 Å². The number of hydrogen-bond donors (Lipinski definition) is 2. The summed E-state index contributed by atoms with van der Waals surface area (Å²) < 4.78 is 14.6. The minimum atomic E-state index is -0.355. The molecule has 0 spiro atoms. The summed E-state index contributed by atoms with van der Waals surface area (Å²) in [7, 11) is 0. The van der Waals surface area contributed by atoms with Gasteiger partial charge < -0.3 is 10.6 Å². The number of hydrogen-bond acceptors (Lipinski definition) is 2. The fraction of sp³-hybridized carbons (Fsp3) is 0.133. The normalized spacial score (nSPS) is 10.2. The van der Waals surface area contributed by atoms with Crippen molar-refractivity contribution in [3.05, 3.63) is 57.4 Å². The van der Waals surface area contributed by atoms with E-state index in [2.05, 4.69) is 33.2 Å². The Bertz CT molecular complexity index is 631. The van der Waals surface area contributed by atoms with Crippen LogP contribution in [0.2, 0.25) is 0 Å². The zero-order chi connectivity index (χ0) is 14.5. The average Bonchev–Trinajstić information content (AvgIpc) is 2.40. The van der Waals surface area contributed by atoms with E-state index in [1.165, 1.54) is 6.07 Å². The van der Waals surface area contributed by atoms with Crippen LogP contribution in [0.5, 0.6) is 0 Å². The van der Waals surface area contributed by atoms with Crippen molar-refractivity contribution in [3.8, 4) is 0 Å². The monoisotopic (exact) mass is 384 g/mol. The minimum Gasteiger partial charge on any atom is -0.374 e. The molecule has 3 nitrogen and oxygen atoms in total. The Balaban J connectivity index is 1.94. The van der Waals surface area contributed by atoms with Crippen LogP contribution in [-0.2, 0) is 4.79 Å². The molecule has 20 heavy (non-hydrogen) atoms. The average molecular weight is 384 g/mol. The standard InChI is InChI=1S/C15H14FIN2O/c1-10-6-7-13(11(16)8-10)18-9-15(20)19-14-5-3-2-4-12(14)17/h2-8,18H,9H2,1H3,(H,19,20). The van der Waals surface area contributed by atoms with Crippen molar-refractivity contribution < 1.29 is 9.18 Å². The number of anilines is 2. The molecule has 0 fully saturated rings. The third kappa shape index (κ3) is 3.93. The first-order valence-corrected chi connectivity index (χ1v) is 7.18. The number of halogens is 2. The Morgan fingerprint density at radius 3 is 2.65 bits per heavy atom. The Hall–Kier alpha value is -1.63. The molecule has 2 aromatic carbocycles. The first kappa shape index (κ1) is 14.8. The Kier molecular flexibility index (Phi) is 4.94. The number of rotatable bonds is 4. The van der Waals surface area contributed by atoms with E-state index in [1.807, 2.05) is 31.2 Å². The van der Waals surface area contributed by atoms with Gasteiger partial charge in [0.1, 0.15) is 5.82 Å². The molecule has 0 heterocycles. The molecule has 2 rings (SSSR count). The molecule has 0 aromatic heterocycles. The van der Waals surface area contributed by atoms with Crippen LogP contribution in [0.1, 0.15) is 5.56 Å². The third-order valence-electron chi connectivity index (χ3n) is 2.71. The molecular weight excluding hydrogens is 370 g/mol. The van der Waals surface area contributed by atoms with E-state index in [-0.39, 0.29) is 18.3 Å². The van der Waals surface area contributed by atoms with Gasteiger partial charge in [-0.3, -0.25) is 4.79 Å². The van der Waals surface area contributed by atoms with E-state index < -0.39 is 0 Å². The summed E-state index contributed by atoms with van der Waals surface area (Å²) >= 11 is 2.15. The van der Waals surface area contributed by atoms with Gasteiger partial charge in [0.15, 0.2) is 0 Å². The molecular formula is C15H14FIN2O. The lowest BCUT2D eigenvalue weighted by atomic mass is 10.2. The van der Waals surface area contributed by atoms with Crippen LogP contribution < -0.4 is 10.6 Å². The highest BCUT2D eigenvalue weighted by Crippen LogP contribution is 2.17. The van der Waals surface area contributed by atoms with Gasteiger partial charge in [-0.1, -0.05) is 18.2 Å². The topological polar surface area (TPSA) is 41.1 Å². The summed E-state index contributed by atoms with van der Waals surface area (Å²) in [6, 6.07) is 12.3. The van der Waals surface area contributed by atoms with Crippen LogP contribution >= 0.6 is 22.6 Å². The second-order valence-electron chi connectivity index (χ2n) is 4.36. The highest BCUT2D eigenvalue weighted by molar-refractivity contribution is 14.1. The maximum Gasteiger partial charge on any atom is 0.243 e. The molecule has 2 aromatic rings. The van der Waals surface area contributed by atoms with Crippen molar-refractivity contribution in [1.82, 2.24) is 0 Å². The molecule has 0 radical (unpaired) electrons. The van der Waals surface area contributed by atoms with Gasteiger partial charge in [-0.05, 0) is 59.3 Å². The van der Waals surface area contributed by atoms with Crippen LogP contribution in [0.4, 0.5) is 15.8 Å². The maximum atomic E-state index is 13.6. The Morgan fingerprint density at radius 2 is 1.95 bits per heavy atom. The summed E-state index contributed by atoms with van der Waals surface area (Å²) in [5, 5.41) is 5.57. The van der Waals surface area contributed by atoms with Crippen LogP contribution in [0.15, 0.2) is 42.5 Å².